The molecule has 168 valence electrons. The van der Waals surface area contributed by atoms with Crippen LogP contribution < -0.4 is 4.90 Å². The van der Waals surface area contributed by atoms with E-state index in [4.69, 9.17) is 23.2 Å². The molecule has 4 nitrogen and oxygen atoms in total. The van der Waals surface area contributed by atoms with E-state index in [9.17, 15) is 23.1 Å². The van der Waals surface area contributed by atoms with Crippen LogP contribution in [0, 0.1) is 3.57 Å². The van der Waals surface area contributed by atoms with Crippen LogP contribution in [0.5, 0.6) is 0 Å². The van der Waals surface area contributed by atoms with Crippen molar-refractivity contribution in [2.45, 2.75) is 25.6 Å². The van der Waals surface area contributed by atoms with Gasteiger partial charge in [0.25, 0.3) is 5.91 Å². The predicted molar refractivity (Wildman–Crippen MR) is 124 cm³/mol. The maximum absolute atomic E-state index is 14.0. The highest BCUT2D eigenvalue weighted by Gasteiger charge is 2.56. The molecule has 0 aromatic heterocycles. The summed E-state index contributed by atoms with van der Waals surface area (Å²) in [6, 6.07) is 6.42. The fourth-order valence-electron chi connectivity index (χ4n) is 3.85. The molecule has 10 heteroatoms. The lowest BCUT2D eigenvalue weighted by molar-refractivity contribution is -0.142. The average Bonchev–Trinajstić information content (AvgIpc) is 2.91. The third-order valence-electron chi connectivity index (χ3n) is 5.45. The van der Waals surface area contributed by atoms with Gasteiger partial charge in [-0.25, -0.2) is 0 Å². The molecule has 1 aliphatic rings. The zero-order chi connectivity index (χ0) is 23.1. The first-order chi connectivity index (χ1) is 14.4. The summed E-state index contributed by atoms with van der Waals surface area (Å²) in [4.78, 5) is 16.8. The summed E-state index contributed by atoms with van der Waals surface area (Å²) in [5, 5.41) is 11.7. The van der Waals surface area contributed by atoms with Crippen molar-refractivity contribution in [3.05, 3.63) is 60.6 Å². The van der Waals surface area contributed by atoms with Crippen LogP contribution >= 0.6 is 45.8 Å². The Labute approximate surface area is 202 Å². The highest BCUT2D eigenvalue weighted by molar-refractivity contribution is 14.1. The Kier molecular flexibility index (Phi) is 7.17. The van der Waals surface area contributed by atoms with E-state index in [-0.39, 0.29) is 27.8 Å². The molecule has 3 rings (SSSR count). The molecular weight excluding hydrogens is 567 g/mol. The predicted octanol–water partition coefficient (Wildman–Crippen LogP) is 5.54. The number of amides is 1. The van der Waals surface area contributed by atoms with Gasteiger partial charge >= 0.3 is 6.18 Å². The van der Waals surface area contributed by atoms with Gasteiger partial charge in [0.15, 0.2) is 5.60 Å². The first-order valence-electron chi connectivity index (χ1n) is 9.58. The van der Waals surface area contributed by atoms with Crippen LogP contribution in [-0.2, 0) is 16.6 Å². The number of anilines is 1. The third kappa shape index (κ3) is 4.42. The number of nitrogens with zero attached hydrogens (tertiary/aromatic N) is 2. The normalized spacial score (nSPS) is 18.8. The van der Waals surface area contributed by atoms with Crippen LogP contribution in [0.25, 0.3) is 0 Å². The minimum absolute atomic E-state index is 0.0231. The van der Waals surface area contributed by atoms with E-state index in [2.05, 4.69) is 0 Å². The van der Waals surface area contributed by atoms with Gasteiger partial charge in [-0.1, -0.05) is 37.0 Å². The van der Waals surface area contributed by atoms with Crippen molar-refractivity contribution in [2.75, 3.05) is 31.1 Å². The van der Waals surface area contributed by atoms with Gasteiger partial charge in [-0.15, -0.1) is 0 Å². The lowest BCUT2D eigenvalue weighted by Crippen LogP contribution is -2.44. The summed E-state index contributed by atoms with van der Waals surface area (Å²) in [5.74, 6) is -0.883. The smallest absolute Gasteiger partial charge is 0.372 e. The van der Waals surface area contributed by atoms with Gasteiger partial charge in [0.05, 0.1) is 11.3 Å². The van der Waals surface area contributed by atoms with Crippen molar-refractivity contribution in [1.82, 2.24) is 4.90 Å². The van der Waals surface area contributed by atoms with Gasteiger partial charge < -0.3 is 14.9 Å². The Morgan fingerprint density at radius 2 is 1.81 bits per heavy atom. The summed E-state index contributed by atoms with van der Waals surface area (Å²) in [7, 11) is 0. The summed E-state index contributed by atoms with van der Waals surface area (Å²) in [6.07, 6.45) is -4.79. The molecule has 1 aliphatic heterocycles. The summed E-state index contributed by atoms with van der Waals surface area (Å²) >= 11 is 14.0. The Balaban J connectivity index is 2.28. The number of fused-ring (bicyclic) bond motifs is 1. The highest BCUT2D eigenvalue weighted by atomic mass is 127. The highest BCUT2D eigenvalue weighted by Crippen LogP contribution is 2.52. The molecule has 0 fully saturated rings. The van der Waals surface area contributed by atoms with E-state index >= 15 is 0 Å². The molecule has 0 saturated heterocycles. The lowest BCUT2D eigenvalue weighted by Gasteiger charge is -2.27. The number of benzene rings is 2. The van der Waals surface area contributed by atoms with Gasteiger partial charge in [-0.2, -0.15) is 13.2 Å². The van der Waals surface area contributed by atoms with E-state index < -0.39 is 28.8 Å². The second-order valence-electron chi connectivity index (χ2n) is 7.16. The van der Waals surface area contributed by atoms with Crippen LogP contribution in [0.4, 0.5) is 18.9 Å². The SMILES string of the molecule is CCN(CC)CCN1C(=O)C(O)(c2cc(Cl)ccc2Cl)c2c1cc(I)cc2C(F)(F)F. The third-order valence-corrected chi connectivity index (χ3v) is 6.63. The zero-order valence-electron chi connectivity index (χ0n) is 16.7. The zero-order valence-corrected chi connectivity index (χ0v) is 20.4. The Morgan fingerprint density at radius 1 is 1.16 bits per heavy atom. The number of halogens is 6. The number of hydrogen-bond acceptors (Lipinski definition) is 3. The molecule has 0 bridgehead atoms. The first-order valence-corrected chi connectivity index (χ1v) is 11.4. The van der Waals surface area contributed by atoms with Crippen LogP contribution in [0.1, 0.15) is 30.5 Å². The second kappa shape index (κ2) is 9.05. The Morgan fingerprint density at radius 3 is 2.39 bits per heavy atom. The number of rotatable bonds is 6. The molecular formula is C21H20Cl2F3IN2O2. The van der Waals surface area contributed by atoms with Gasteiger partial charge in [0.2, 0.25) is 0 Å². The number of carbonyl (C=O) groups is 1. The van der Waals surface area contributed by atoms with Crippen LogP contribution in [-0.4, -0.2) is 42.1 Å². The summed E-state index contributed by atoms with van der Waals surface area (Å²) in [6.45, 7) is 5.90. The lowest BCUT2D eigenvalue weighted by atomic mass is 9.84. The topological polar surface area (TPSA) is 43.8 Å². The van der Waals surface area contributed by atoms with Crippen LogP contribution in [0.3, 0.4) is 0 Å². The molecule has 1 N–H and O–H groups in total. The van der Waals surface area contributed by atoms with Crippen molar-refractivity contribution >= 4 is 57.4 Å². The second-order valence-corrected chi connectivity index (χ2v) is 9.25. The molecule has 1 unspecified atom stereocenters. The van der Waals surface area contributed by atoms with Crippen molar-refractivity contribution in [2.24, 2.45) is 0 Å². The Hall–Kier alpha value is -1.07. The fraction of sp³-hybridized carbons (Fsp3) is 0.381. The van der Waals surface area contributed by atoms with Crippen molar-refractivity contribution in [1.29, 1.82) is 0 Å². The minimum atomic E-state index is -4.79. The Bertz CT molecular complexity index is 1010. The van der Waals surface area contributed by atoms with Gasteiger partial charge in [-0.3, -0.25) is 4.79 Å². The first kappa shape index (κ1) is 24.6. The van der Waals surface area contributed by atoms with E-state index in [1.165, 1.54) is 29.2 Å². The molecule has 31 heavy (non-hydrogen) atoms. The molecule has 2 aromatic rings. The van der Waals surface area contributed by atoms with Gasteiger partial charge in [0.1, 0.15) is 0 Å². The number of carbonyl (C=O) groups excluding carboxylic acids is 1. The standard InChI is InChI=1S/C21H20Cl2F3IN2O2/c1-3-28(4-2)7-8-29-17-11-13(27)10-15(21(24,25)26)18(17)20(31,19(29)30)14-9-12(22)5-6-16(14)23/h5-6,9-11,31H,3-4,7-8H2,1-2H3. The minimum Gasteiger partial charge on any atom is -0.372 e. The monoisotopic (exact) mass is 586 g/mol. The average molecular weight is 587 g/mol. The molecule has 1 heterocycles. The summed E-state index contributed by atoms with van der Waals surface area (Å²) in [5.41, 5.74) is -4.36. The molecule has 0 radical (unpaired) electrons. The number of hydrogen-bond donors (Lipinski definition) is 1. The number of alkyl halides is 3. The van der Waals surface area contributed by atoms with Gasteiger partial charge in [0, 0.05) is 37.8 Å². The molecule has 0 saturated carbocycles. The van der Waals surface area contributed by atoms with E-state index in [0.717, 1.165) is 19.2 Å². The van der Waals surface area contributed by atoms with Crippen LogP contribution in [0.15, 0.2) is 30.3 Å². The molecule has 1 amide bonds. The van der Waals surface area contributed by atoms with Crippen molar-refractivity contribution in [3.63, 3.8) is 0 Å². The molecule has 0 spiro atoms. The van der Waals surface area contributed by atoms with E-state index in [1.54, 1.807) is 22.6 Å². The molecule has 1 atom stereocenters. The number of aliphatic hydroxyl groups is 1. The maximum atomic E-state index is 14.0. The maximum Gasteiger partial charge on any atom is 0.416 e. The largest absolute Gasteiger partial charge is 0.416 e. The number of likely N-dealkylation sites (N-methyl/N-ethyl adjacent to an activating group) is 1. The van der Waals surface area contributed by atoms with E-state index in [0.29, 0.717) is 10.1 Å². The molecule has 0 aliphatic carbocycles. The van der Waals surface area contributed by atoms with Gasteiger partial charge in [-0.05, 0) is 66.0 Å². The van der Waals surface area contributed by atoms with E-state index in [1.807, 2.05) is 18.7 Å². The van der Waals surface area contributed by atoms with Crippen molar-refractivity contribution in [3.8, 4) is 0 Å². The fourth-order valence-corrected chi connectivity index (χ4v) is 4.88. The molecule has 2 aromatic carbocycles. The summed E-state index contributed by atoms with van der Waals surface area (Å²) < 4.78 is 42.4. The van der Waals surface area contributed by atoms with Crippen LogP contribution in [0.2, 0.25) is 10.0 Å². The quantitative estimate of drug-likeness (QED) is 0.452. The van der Waals surface area contributed by atoms with Crippen molar-refractivity contribution < 1.29 is 23.1 Å².